The summed E-state index contributed by atoms with van der Waals surface area (Å²) in [5.41, 5.74) is 1.06. The van der Waals surface area contributed by atoms with Gasteiger partial charge in [-0.1, -0.05) is 25.1 Å². The number of aryl methyl sites for hydroxylation is 1. The summed E-state index contributed by atoms with van der Waals surface area (Å²) in [7, 11) is 1.65. The summed E-state index contributed by atoms with van der Waals surface area (Å²) in [6.45, 7) is 4.11. The van der Waals surface area contributed by atoms with E-state index >= 15 is 0 Å². The third-order valence-corrected chi connectivity index (χ3v) is 4.52. The van der Waals surface area contributed by atoms with E-state index in [9.17, 15) is 9.59 Å². The monoisotopic (exact) mass is 347 g/mol. The third kappa shape index (κ3) is 5.96. The summed E-state index contributed by atoms with van der Waals surface area (Å²) in [4.78, 5) is 26.0. The first-order chi connectivity index (χ1) is 12.1. The predicted molar refractivity (Wildman–Crippen MR) is 97.7 cm³/mol. The first-order valence-corrected chi connectivity index (χ1v) is 9.08. The molecule has 6 nitrogen and oxygen atoms in total. The molecule has 1 aromatic carbocycles. The number of benzene rings is 1. The lowest BCUT2D eigenvalue weighted by Crippen LogP contribution is -2.49. The van der Waals surface area contributed by atoms with Crippen molar-refractivity contribution in [2.75, 3.05) is 26.7 Å². The molecule has 138 valence electrons. The summed E-state index contributed by atoms with van der Waals surface area (Å²) >= 11 is 0. The Morgan fingerprint density at radius 2 is 1.96 bits per heavy atom. The van der Waals surface area contributed by atoms with Crippen LogP contribution in [0.25, 0.3) is 0 Å². The smallest absolute Gasteiger partial charge is 0.315 e. The van der Waals surface area contributed by atoms with Crippen LogP contribution in [0.15, 0.2) is 24.3 Å². The minimum absolute atomic E-state index is 0.109. The summed E-state index contributed by atoms with van der Waals surface area (Å²) in [6, 6.07) is 7.84. The lowest BCUT2D eigenvalue weighted by molar-refractivity contribution is -0.132. The van der Waals surface area contributed by atoms with E-state index in [-0.39, 0.29) is 18.0 Å². The maximum atomic E-state index is 12.4. The van der Waals surface area contributed by atoms with Gasteiger partial charge in [-0.25, -0.2) is 4.79 Å². The molecule has 1 aliphatic rings. The van der Waals surface area contributed by atoms with Gasteiger partial charge in [-0.05, 0) is 37.3 Å². The normalized spacial score (nSPS) is 14.9. The first-order valence-electron chi connectivity index (χ1n) is 9.08. The molecule has 0 spiro atoms. The molecule has 0 radical (unpaired) electrons. The summed E-state index contributed by atoms with van der Waals surface area (Å²) < 4.78 is 5.33. The van der Waals surface area contributed by atoms with Crippen molar-refractivity contribution in [1.29, 1.82) is 0 Å². The van der Waals surface area contributed by atoms with Crippen molar-refractivity contribution in [2.24, 2.45) is 0 Å². The Labute approximate surface area is 149 Å². The highest BCUT2D eigenvalue weighted by atomic mass is 16.5. The van der Waals surface area contributed by atoms with Gasteiger partial charge in [-0.15, -0.1) is 0 Å². The second-order valence-electron chi connectivity index (χ2n) is 6.37. The summed E-state index contributed by atoms with van der Waals surface area (Å²) in [5.74, 6) is 0.996. The number of nitrogens with zero attached hydrogens (tertiary/aromatic N) is 1. The molecule has 0 bridgehead atoms. The van der Waals surface area contributed by atoms with Gasteiger partial charge in [0.15, 0.2) is 0 Å². The van der Waals surface area contributed by atoms with Gasteiger partial charge in [0.05, 0.1) is 7.11 Å². The van der Waals surface area contributed by atoms with Crippen LogP contribution in [0.1, 0.15) is 38.2 Å². The highest BCUT2D eigenvalue weighted by Crippen LogP contribution is 2.20. The fourth-order valence-electron chi connectivity index (χ4n) is 3.06. The molecule has 0 aromatic heterocycles. The summed E-state index contributed by atoms with van der Waals surface area (Å²) in [6.07, 6.45) is 3.70. The minimum Gasteiger partial charge on any atom is -0.496 e. The number of hydrogen-bond donors (Lipinski definition) is 2. The van der Waals surface area contributed by atoms with E-state index in [1.807, 2.05) is 36.1 Å². The van der Waals surface area contributed by atoms with E-state index in [1.165, 1.54) is 0 Å². The van der Waals surface area contributed by atoms with Crippen LogP contribution in [-0.4, -0.2) is 49.6 Å². The molecule has 6 heteroatoms. The number of para-hydroxylation sites is 1. The van der Waals surface area contributed by atoms with E-state index in [2.05, 4.69) is 10.6 Å². The zero-order valence-corrected chi connectivity index (χ0v) is 15.2. The third-order valence-electron chi connectivity index (χ3n) is 4.52. The van der Waals surface area contributed by atoms with Gasteiger partial charge in [0.25, 0.3) is 0 Å². The zero-order valence-electron chi connectivity index (χ0n) is 15.2. The maximum absolute atomic E-state index is 12.4. The van der Waals surface area contributed by atoms with Crippen LogP contribution in [-0.2, 0) is 11.2 Å². The van der Waals surface area contributed by atoms with Crippen LogP contribution in [0.2, 0.25) is 0 Å². The largest absolute Gasteiger partial charge is 0.496 e. The Kier molecular flexibility index (Phi) is 7.57. The molecule has 1 heterocycles. The number of methoxy groups -OCH3 is 1. The van der Waals surface area contributed by atoms with Gasteiger partial charge >= 0.3 is 6.03 Å². The number of urea groups is 1. The standard InChI is InChI=1S/C19H29N3O3/c1-3-12-20-19(24)21-16-10-13-22(14-11-16)18(23)9-8-15-6-4-5-7-17(15)25-2/h4-7,16H,3,8-14H2,1-2H3,(H2,20,21,24). The van der Waals surface area contributed by atoms with Gasteiger partial charge in [-0.2, -0.15) is 0 Å². The Bertz CT molecular complexity index is 569. The number of hydrogen-bond acceptors (Lipinski definition) is 3. The van der Waals surface area contributed by atoms with Gasteiger partial charge in [0.2, 0.25) is 5.91 Å². The van der Waals surface area contributed by atoms with Crippen molar-refractivity contribution in [1.82, 2.24) is 15.5 Å². The van der Waals surface area contributed by atoms with Crippen molar-refractivity contribution >= 4 is 11.9 Å². The number of nitrogens with one attached hydrogen (secondary N) is 2. The molecule has 0 aliphatic carbocycles. The second kappa shape index (κ2) is 9.91. The molecule has 1 saturated heterocycles. The van der Waals surface area contributed by atoms with E-state index in [1.54, 1.807) is 7.11 Å². The van der Waals surface area contributed by atoms with Crippen LogP contribution in [0.4, 0.5) is 4.79 Å². The van der Waals surface area contributed by atoms with Crippen LogP contribution >= 0.6 is 0 Å². The Balaban J connectivity index is 1.73. The van der Waals surface area contributed by atoms with Crippen molar-refractivity contribution in [3.05, 3.63) is 29.8 Å². The maximum Gasteiger partial charge on any atom is 0.315 e. The molecule has 25 heavy (non-hydrogen) atoms. The zero-order chi connectivity index (χ0) is 18.1. The minimum atomic E-state index is -0.109. The SMILES string of the molecule is CCCNC(=O)NC1CCN(C(=O)CCc2ccccc2OC)CC1. The van der Waals surface area contributed by atoms with E-state index in [0.717, 1.165) is 30.6 Å². The number of piperidine rings is 1. The molecule has 2 rings (SSSR count). The fourth-order valence-corrected chi connectivity index (χ4v) is 3.06. The number of rotatable bonds is 7. The molecule has 2 N–H and O–H groups in total. The lowest BCUT2D eigenvalue weighted by Gasteiger charge is -2.32. The second-order valence-corrected chi connectivity index (χ2v) is 6.37. The molecule has 1 aromatic rings. The highest BCUT2D eigenvalue weighted by molar-refractivity contribution is 5.77. The topological polar surface area (TPSA) is 70.7 Å². The number of carbonyl (C=O) groups excluding carboxylic acids is 2. The van der Waals surface area contributed by atoms with Crippen LogP contribution in [0.5, 0.6) is 5.75 Å². The van der Waals surface area contributed by atoms with Crippen molar-refractivity contribution in [3.63, 3.8) is 0 Å². The van der Waals surface area contributed by atoms with E-state index < -0.39 is 0 Å². The molecule has 0 unspecified atom stereocenters. The van der Waals surface area contributed by atoms with Gasteiger partial charge in [0.1, 0.15) is 5.75 Å². The van der Waals surface area contributed by atoms with E-state index in [4.69, 9.17) is 4.74 Å². The lowest BCUT2D eigenvalue weighted by atomic mass is 10.0. The van der Waals surface area contributed by atoms with Crippen LogP contribution in [0.3, 0.4) is 0 Å². The molecule has 3 amide bonds. The molecule has 0 atom stereocenters. The Morgan fingerprint density at radius 1 is 1.24 bits per heavy atom. The Hall–Kier alpha value is -2.24. The van der Waals surface area contributed by atoms with Crippen molar-refractivity contribution in [3.8, 4) is 5.75 Å². The molecule has 1 aliphatic heterocycles. The highest BCUT2D eigenvalue weighted by Gasteiger charge is 2.23. The first kappa shape index (κ1) is 19.1. The number of amides is 3. The summed E-state index contributed by atoms with van der Waals surface area (Å²) in [5, 5.41) is 5.80. The fraction of sp³-hybridized carbons (Fsp3) is 0.579. The van der Waals surface area contributed by atoms with Crippen LogP contribution < -0.4 is 15.4 Å². The van der Waals surface area contributed by atoms with Crippen molar-refractivity contribution < 1.29 is 14.3 Å². The molecular weight excluding hydrogens is 318 g/mol. The van der Waals surface area contributed by atoms with Gasteiger partial charge < -0.3 is 20.3 Å². The van der Waals surface area contributed by atoms with Crippen LogP contribution in [0, 0.1) is 0 Å². The molecular formula is C19H29N3O3. The van der Waals surface area contributed by atoms with E-state index in [0.29, 0.717) is 32.5 Å². The number of likely N-dealkylation sites (tertiary alicyclic amines) is 1. The molecule has 1 fully saturated rings. The number of carbonyl (C=O) groups is 2. The van der Waals surface area contributed by atoms with Gasteiger partial charge in [-0.3, -0.25) is 4.79 Å². The quantitative estimate of drug-likeness (QED) is 0.795. The van der Waals surface area contributed by atoms with Gasteiger partial charge in [0, 0.05) is 32.1 Å². The molecule has 0 saturated carbocycles. The Morgan fingerprint density at radius 3 is 2.64 bits per heavy atom. The van der Waals surface area contributed by atoms with Crippen molar-refractivity contribution in [2.45, 2.75) is 45.1 Å². The average molecular weight is 347 g/mol. The number of ether oxygens (including phenoxy) is 1. The average Bonchev–Trinajstić information content (AvgIpc) is 2.65. The predicted octanol–water partition coefficient (Wildman–Crippen LogP) is 2.33.